The number of nitrogens with one attached hydrogen (secondary N) is 2. The number of esters is 1. The van der Waals surface area contributed by atoms with E-state index in [1.807, 2.05) is 0 Å². The maximum Gasteiger partial charge on any atom is 0.332 e. The molecule has 0 rings (SSSR count). The Bertz CT molecular complexity index is 288. The first kappa shape index (κ1) is 20.2. The average molecular weight is 317 g/mol. The van der Waals surface area contributed by atoms with Gasteiger partial charge in [-0.05, 0) is 6.42 Å². The fourth-order valence-corrected chi connectivity index (χ4v) is 2.35. The molecule has 21 heavy (non-hydrogen) atoms. The van der Waals surface area contributed by atoms with E-state index < -0.39 is 5.78 Å². The fraction of sp³-hybridized carbons (Fsp3) is 0.867. The Hall–Kier alpha value is -0.830. The molecule has 4 N–H and O–H groups in total. The predicted molar refractivity (Wildman–Crippen MR) is 91.4 cm³/mol. The van der Waals surface area contributed by atoms with Crippen LogP contribution in [0.25, 0.3) is 0 Å². The van der Waals surface area contributed by atoms with Crippen molar-refractivity contribution < 1.29 is 9.53 Å². The largest absolute Gasteiger partial charge is 0.464 e. The van der Waals surface area contributed by atoms with Crippen LogP contribution in [0.2, 0.25) is 0 Å². The van der Waals surface area contributed by atoms with Crippen LogP contribution in [0.3, 0.4) is 0 Å². The van der Waals surface area contributed by atoms with Crippen LogP contribution in [0.15, 0.2) is 0 Å². The van der Waals surface area contributed by atoms with E-state index in [0.717, 1.165) is 12.8 Å². The van der Waals surface area contributed by atoms with Gasteiger partial charge < -0.3 is 15.8 Å². The third kappa shape index (κ3) is 13.9. The van der Waals surface area contributed by atoms with Crippen LogP contribution in [-0.4, -0.2) is 24.3 Å². The second-order valence-electron chi connectivity index (χ2n) is 5.39. The smallest absolute Gasteiger partial charge is 0.332 e. The number of hydrogen-bond acceptors (Lipinski definition) is 3. The Morgan fingerprint density at radius 2 is 1.57 bits per heavy atom. The summed E-state index contributed by atoms with van der Waals surface area (Å²) < 4.78 is 5.10. The lowest BCUT2D eigenvalue weighted by Gasteiger charge is -2.12. The van der Waals surface area contributed by atoms with Gasteiger partial charge in [0.15, 0.2) is 5.96 Å². The van der Waals surface area contributed by atoms with Crippen molar-refractivity contribution in [1.82, 2.24) is 5.32 Å². The summed E-state index contributed by atoms with van der Waals surface area (Å²) in [6.45, 7) is 2.68. The molecule has 124 valence electrons. The third-order valence-corrected chi connectivity index (χ3v) is 3.75. The quantitative estimate of drug-likeness (QED) is 0.160. The van der Waals surface area contributed by atoms with Gasteiger partial charge in [0, 0.05) is 0 Å². The minimum absolute atomic E-state index is 0.231. The van der Waals surface area contributed by atoms with Crippen molar-refractivity contribution in [1.29, 1.82) is 5.41 Å². The number of guanidine groups is 1. The standard InChI is InChI=1S/C15H32N3O2P/c1-2-3-4-5-6-7-8-9-10-11-12-20-14(19)13(21)18-15(16)17/h13H,2-12,21H2,1H3,(H4,16,17,18). The molecule has 0 aliphatic carbocycles. The van der Waals surface area contributed by atoms with Crippen molar-refractivity contribution in [2.24, 2.45) is 5.73 Å². The maximum absolute atomic E-state index is 11.5. The number of carbonyl (C=O) groups is 1. The molecular weight excluding hydrogens is 285 g/mol. The first-order valence-electron chi connectivity index (χ1n) is 8.10. The van der Waals surface area contributed by atoms with Gasteiger partial charge >= 0.3 is 5.97 Å². The van der Waals surface area contributed by atoms with Crippen LogP contribution in [0.5, 0.6) is 0 Å². The van der Waals surface area contributed by atoms with Crippen molar-refractivity contribution in [2.45, 2.75) is 76.9 Å². The molecule has 0 spiro atoms. The summed E-state index contributed by atoms with van der Waals surface area (Å²) in [4.78, 5) is 11.5. The van der Waals surface area contributed by atoms with Crippen molar-refractivity contribution in [3.05, 3.63) is 0 Å². The normalized spacial score (nSPS) is 11.9. The summed E-state index contributed by atoms with van der Waals surface area (Å²) in [7, 11) is 2.27. The highest BCUT2D eigenvalue weighted by Gasteiger charge is 2.13. The Labute approximate surface area is 131 Å². The van der Waals surface area contributed by atoms with Crippen LogP contribution in [0, 0.1) is 5.41 Å². The molecule has 0 aromatic rings. The highest BCUT2D eigenvalue weighted by atomic mass is 31.0. The van der Waals surface area contributed by atoms with Crippen LogP contribution in [-0.2, 0) is 9.53 Å². The van der Waals surface area contributed by atoms with E-state index in [-0.39, 0.29) is 11.9 Å². The molecule has 0 aromatic carbocycles. The van der Waals surface area contributed by atoms with Crippen LogP contribution < -0.4 is 11.1 Å². The minimum Gasteiger partial charge on any atom is -0.464 e. The lowest BCUT2D eigenvalue weighted by molar-refractivity contribution is -0.143. The van der Waals surface area contributed by atoms with Gasteiger partial charge in [0.05, 0.1) is 6.61 Å². The number of rotatable bonds is 13. The Morgan fingerprint density at radius 1 is 1.10 bits per heavy atom. The summed E-state index contributed by atoms with van der Waals surface area (Å²) in [5.41, 5.74) is 5.14. The molecule has 0 radical (unpaired) electrons. The first-order valence-corrected chi connectivity index (χ1v) is 8.77. The molecule has 0 aliphatic heterocycles. The van der Waals surface area contributed by atoms with E-state index >= 15 is 0 Å². The number of hydrogen-bond donors (Lipinski definition) is 3. The third-order valence-electron chi connectivity index (χ3n) is 3.31. The molecule has 0 amide bonds. The molecule has 0 heterocycles. The van der Waals surface area contributed by atoms with Crippen molar-refractivity contribution in [2.75, 3.05) is 6.61 Å². The summed E-state index contributed by atoms with van der Waals surface area (Å²) in [6.07, 6.45) is 12.6. The summed E-state index contributed by atoms with van der Waals surface area (Å²) >= 11 is 0. The van der Waals surface area contributed by atoms with E-state index in [4.69, 9.17) is 15.9 Å². The van der Waals surface area contributed by atoms with Gasteiger partial charge in [0.2, 0.25) is 0 Å². The molecule has 5 nitrogen and oxygen atoms in total. The van der Waals surface area contributed by atoms with Crippen LogP contribution in [0.1, 0.15) is 71.1 Å². The van der Waals surface area contributed by atoms with Crippen molar-refractivity contribution >= 4 is 21.2 Å². The number of ether oxygens (including phenoxy) is 1. The maximum atomic E-state index is 11.5. The fourth-order valence-electron chi connectivity index (χ4n) is 2.08. The highest BCUT2D eigenvalue weighted by Crippen LogP contribution is 2.10. The monoisotopic (exact) mass is 317 g/mol. The first-order chi connectivity index (χ1) is 10.1. The lowest BCUT2D eigenvalue weighted by Crippen LogP contribution is -2.41. The number of unbranched alkanes of at least 4 members (excludes halogenated alkanes) is 9. The zero-order valence-corrected chi connectivity index (χ0v) is 14.5. The molecular formula is C15H32N3O2P. The Morgan fingerprint density at radius 3 is 2.05 bits per heavy atom. The van der Waals surface area contributed by atoms with Gasteiger partial charge in [-0.3, -0.25) is 5.41 Å². The number of carbonyl (C=O) groups excluding carboxylic acids is 1. The van der Waals surface area contributed by atoms with Gasteiger partial charge in [-0.2, -0.15) is 0 Å². The SMILES string of the molecule is CCCCCCCCCCCCOC(=O)C(P)NC(=N)N. The van der Waals surface area contributed by atoms with E-state index in [1.165, 1.54) is 51.4 Å². The Kier molecular flexibility index (Phi) is 13.6. The van der Waals surface area contributed by atoms with Crippen molar-refractivity contribution in [3.63, 3.8) is 0 Å². The molecule has 2 unspecified atom stereocenters. The van der Waals surface area contributed by atoms with Gasteiger partial charge in [-0.15, -0.1) is 9.24 Å². The molecule has 0 saturated heterocycles. The molecule has 0 saturated carbocycles. The average Bonchev–Trinajstić information content (AvgIpc) is 2.43. The molecule has 0 aliphatic rings. The summed E-state index contributed by atoms with van der Waals surface area (Å²) in [5.74, 6) is -1.25. The van der Waals surface area contributed by atoms with E-state index in [0.29, 0.717) is 6.61 Å². The van der Waals surface area contributed by atoms with Gasteiger partial charge in [0.25, 0.3) is 0 Å². The van der Waals surface area contributed by atoms with Crippen LogP contribution in [0.4, 0.5) is 0 Å². The lowest BCUT2D eigenvalue weighted by atomic mass is 10.1. The zero-order valence-electron chi connectivity index (χ0n) is 13.3. The topological polar surface area (TPSA) is 88.2 Å². The molecule has 2 atom stereocenters. The number of nitrogens with two attached hydrogens (primary N) is 1. The second kappa shape index (κ2) is 14.1. The second-order valence-corrected chi connectivity index (χ2v) is 6.05. The van der Waals surface area contributed by atoms with Gasteiger partial charge in [-0.1, -0.05) is 64.7 Å². The van der Waals surface area contributed by atoms with E-state index in [9.17, 15) is 4.79 Å². The molecule has 0 bridgehead atoms. The molecule has 6 heteroatoms. The van der Waals surface area contributed by atoms with E-state index in [2.05, 4.69) is 21.5 Å². The summed E-state index contributed by atoms with van der Waals surface area (Å²) in [6, 6.07) is 0. The molecule has 0 aromatic heterocycles. The minimum atomic E-state index is -0.634. The van der Waals surface area contributed by atoms with E-state index in [1.54, 1.807) is 0 Å². The van der Waals surface area contributed by atoms with Crippen molar-refractivity contribution in [3.8, 4) is 0 Å². The van der Waals surface area contributed by atoms with Crippen LogP contribution >= 0.6 is 9.24 Å². The summed E-state index contributed by atoms with van der Waals surface area (Å²) in [5, 5.41) is 9.51. The zero-order chi connectivity index (χ0) is 15.9. The predicted octanol–water partition coefficient (Wildman–Crippen LogP) is 3.13. The Balaban J connectivity index is 3.28. The van der Waals surface area contributed by atoms with Gasteiger partial charge in [-0.25, -0.2) is 4.79 Å². The molecule has 0 fully saturated rings. The highest BCUT2D eigenvalue weighted by molar-refractivity contribution is 7.19. The van der Waals surface area contributed by atoms with Gasteiger partial charge in [0.1, 0.15) is 5.78 Å².